The van der Waals surface area contributed by atoms with Crippen LogP contribution in [-0.4, -0.2) is 22.9 Å². The summed E-state index contributed by atoms with van der Waals surface area (Å²) in [7, 11) is 0. The van der Waals surface area contributed by atoms with Gasteiger partial charge in [-0.05, 0) is 38.3 Å². The van der Waals surface area contributed by atoms with E-state index in [-0.39, 0.29) is 5.91 Å². The van der Waals surface area contributed by atoms with Crippen molar-refractivity contribution < 1.29 is 9.21 Å². The number of hydrogen-bond donors (Lipinski definition) is 0. The summed E-state index contributed by atoms with van der Waals surface area (Å²) in [5, 5.41) is 0. The number of carbonyl (C=O) groups excluding carboxylic acids is 1. The summed E-state index contributed by atoms with van der Waals surface area (Å²) in [5.74, 6) is 0.499. The molecule has 3 heteroatoms. The molecule has 2 unspecified atom stereocenters. The van der Waals surface area contributed by atoms with Crippen molar-refractivity contribution in [2.75, 3.05) is 0 Å². The Kier molecular flexibility index (Phi) is 2.80. The van der Waals surface area contributed by atoms with E-state index in [1.165, 1.54) is 0 Å². The maximum absolute atomic E-state index is 12.1. The minimum absolute atomic E-state index is 0.0388. The number of amides is 1. The number of hydrogen-bond acceptors (Lipinski definition) is 2. The second-order valence-electron chi connectivity index (χ2n) is 4.18. The summed E-state index contributed by atoms with van der Waals surface area (Å²) in [6.45, 7) is 4.24. The summed E-state index contributed by atoms with van der Waals surface area (Å²) in [6.07, 6.45) is 4.79. The molecule has 2 heterocycles. The fourth-order valence-corrected chi connectivity index (χ4v) is 2.37. The zero-order valence-electron chi connectivity index (χ0n) is 9.27. The predicted molar refractivity (Wildman–Crippen MR) is 57.7 cm³/mol. The topological polar surface area (TPSA) is 33.5 Å². The van der Waals surface area contributed by atoms with E-state index in [2.05, 4.69) is 13.8 Å². The number of likely N-dealkylation sites (tertiary alicyclic amines) is 1. The molecule has 15 heavy (non-hydrogen) atoms. The molecule has 1 saturated heterocycles. The quantitative estimate of drug-likeness (QED) is 0.747. The van der Waals surface area contributed by atoms with E-state index in [0.29, 0.717) is 17.8 Å². The summed E-state index contributed by atoms with van der Waals surface area (Å²) in [5.41, 5.74) is 0. The molecule has 82 valence electrons. The van der Waals surface area contributed by atoms with Crippen molar-refractivity contribution in [1.29, 1.82) is 0 Å². The van der Waals surface area contributed by atoms with E-state index in [1.807, 2.05) is 4.90 Å². The van der Waals surface area contributed by atoms with E-state index in [9.17, 15) is 4.79 Å². The highest BCUT2D eigenvalue weighted by molar-refractivity contribution is 5.92. The Balaban J connectivity index is 2.18. The Morgan fingerprint density at radius 1 is 1.60 bits per heavy atom. The van der Waals surface area contributed by atoms with Crippen LogP contribution in [0, 0.1) is 0 Å². The van der Waals surface area contributed by atoms with Gasteiger partial charge in [-0.15, -0.1) is 0 Å². The lowest BCUT2D eigenvalue weighted by Crippen LogP contribution is -2.39. The molecule has 0 aromatic carbocycles. The van der Waals surface area contributed by atoms with Gasteiger partial charge in [-0.25, -0.2) is 0 Å². The van der Waals surface area contributed by atoms with Gasteiger partial charge in [-0.2, -0.15) is 0 Å². The van der Waals surface area contributed by atoms with Gasteiger partial charge in [0.15, 0.2) is 5.76 Å². The molecule has 0 saturated carbocycles. The third kappa shape index (κ3) is 1.78. The van der Waals surface area contributed by atoms with Gasteiger partial charge in [0.25, 0.3) is 5.91 Å². The number of carbonyl (C=O) groups is 1. The van der Waals surface area contributed by atoms with Crippen molar-refractivity contribution >= 4 is 5.91 Å². The van der Waals surface area contributed by atoms with Crippen molar-refractivity contribution in [3.8, 4) is 0 Å². The maximum Gasteiger partial charge on any atom is 0.290 e. The van der Waals surface area contributed by atoms with Crippen molar-refractivity contribution in [2.45, 2.75) is 45.2 Å². The van der Waals surface area contributed by atoms with E-state index < -0.39 is 0 Å². The van der Waals surface area contributed by atoms with Gasteiger partial charge in [0.2, 0.25) is 0 Å². The second kappa shape index (κ2) is 4.09. The number of rotatable bonds is 2. The Labute approximate surface area is 90.1 Å². The second-order valence-corrected chi connectivity index (χ2v) is 4.18. The molecule has 1 aromatic heterocycles. The maximum atomic E-state index is 12.1. The van der Waals surface area contributed by atoms with Gasteiger partial charge in [0, 0.05) is 12.1 Å². The first-order valence-electron chi connectivity index (χ1n) is 5.60. The lowest BCUT2D eigenvalue weighted by atomic mass is 10.1. The van der Waals surface area contributed by atoms with Crippen LogP contribution in [-0.2, 0) is 0 Å². The van der Waals surface area contributed by atoms with Gasteiger partial charge < -0.3 is 9.32 Å². The van der Waals surface area contributed by atoms with Crippen LogP contribution < -0.4 is 0 Å². The van der Waals surface area contributed by atoms with Gasteiger partial charge in [0.1, 0.15) is 0 Å². The predicted octanol–water partition coefficient (Wildman–Crippen LogP) is 2.68. The molecule has 1 amide bonds. The van der Waals surface area contributed by atoms with Crippen LogP contribution in [0.25, 0.3) is 0 Å². The van der Waals surface area contributed by atoms with Crippen molar-refractivity contribution in [1.82, 2.24) is 4.90 Å². The van der Waals surface area contributed by atoms with Gasteiger partial charge >= 0.3 is 0 Å². The van der Waals surface area contributed by atoms with Crippen LogP contribution in [0.2, 0.25) is 0 Å². The molecule has 2 atom stereocenters. The van der Waals surface area contributed by atoms with Crippen LogP contribution >= 0.6 is 0 Å². The average molecular weight is 207 g/mol. The fraction of sp³-hybridized carbons (Fsp3) is 0.583. The molecule has 1 aliphatic rings. The van der Waals surface area contributed by atoms with Crippen LogP contribution in [0.1, 0.15) is 43.7 Å². The average Bonchev–Trinajstić information content (AvgIpc) is 2.85. The summed E-state index contributed by atoms with van der Waals surface area (Å²) < 4.78 is 5.16. The third-order valence-electron chi connectivity index (χ3n) is 3.22. The first-order valence-corrected chi connectivity index (χ1v) is 5.60. The van der Waals surface area contributed by atoms with Crippen LogP contribution in [0.5, 0.6) is 0 Å². The Hall–Kier alpha value is -1.25. The molecule has 1 fully saturated rings. The zero-order chi connectivity index (χ0) is 10.8. The molecule has 0 spiro atoms. The minimum atomic E-state index is 0.0388. The molecule has 0 bridgehead atoms. The van der Waals surface area contributed by atoms with Crippen molar-refractivity contribution in [3.05, 3.63) is 24.2 Å². The highest BCUT2D eigenvalue weighted by Gasteiger charge is 2.34. The molecule has 3 nitrogen and oxygen atoms in total. The Bertz CT molecular complexity index is 331. The monoisotopic (exact) mass is 207 g/mol. The Morgan fingerprint density at radius 2 is 2.40 bits per heavy atom. The molecule has 1 aromatic rings. The first kappa shape index (κ1) is 10.3. The normalized spacial score (nSPS) is 25.9. The molecule has 0 radical (unpaired) electrons. The Morgan fingerprint density at radius 3 is 3.00 bits per heavy atom. The molecule has 0 N–H and O–H groups in total. The molecule has 0 aliphatic carbocycles. The largest absolute Gasteiger partial charge is 0.459 e. The van der Waals surface area contributed by atoms with Gasteiger partial charge in [-0.3, -0.25) is 4.79 Å². The molecular weight excluding hydrogens is 190 g/mol. The van der Waals surface area contributed by atoms with E-state index in [1.54, 1.807) is 18.4 Å². The lowest BCUT2D eigenvalue weighted by molar-refractivity contribution is 0.0643. The highest BCUT2D eigenvalue weighted by Crippen LogP contribution is 2.27. The molecule has 1 aliphatic heterocycles. The first-order chi connectivity index (χ1) is 7.24. The van der Waals surface area contributed by atoms with Crippen LogP contribution in [0.4, 0.5) is 0 Å². The van der Waals surface area contributed by atoms with Crippen molar-refractivity contribution in [3.63, 3.8) is 0 Å². The SMILES string of the molecule is CCC1CCC(C)N1C(=O)c1ccco1. The zero-order valence-corrected chi connectivity index (χ0v) is 9.27. The van der Waals surface area contributed by atoms with Crippen molar-refractivity contribution in [2.24, 2.45) is 0 Å². The third-order valence-corrected chi connectivity index (χ3v) is 3.22. The van der Waals surface area contributed by atoms with E-state index in [0.717, 1.165) is 19.3 Å². The number of furan rings is 1. The fourth-order valence-electron chi connectivity index (χ4n) is 2.37. The highest BCUT2D eigenvalue weighted by atomic mass is 16.3. The minimum Gasteiger partial charge on any atom is -0.459 e. The lowest BCUT2D eigenvalue weighted by Gasteiger charge is -2.26. The van der Waals surface area contributed by atoms with Crippen LogP contribution in [0.15, 0.2) is 22.8 Å². The van der Waals surface area contributed by atoms with E-state index >= 15 is 0 Å². The summed E-state index contributed by atoms with van der Waals surface area (Å²) in [4.78, 5) is 14.1. The summed E-state index contributed by atoms with van der Waals surface area (Å²) >= 11 is 0. The van der Waals surface area contributed by atoms with Gasteiger partial charge in [-0.1, -0.05) is 6.92 Å². The van der Waals surface area contributed by atoms with Gasteiger partial charge in [0.05, 0.1) is 6.26 Å². The smallest absolute Gasteiger partial charge is 0.290 e. The number of nitrogens with zero attached hydrogens (tertiary/aromatic N) is 1. The molecule has 2 rings (SSSR count). The van der Waals surface area contributed by atoms with E-state index in [4.69, 9.17) is 4.42 Å². The summed E-state index contributed by atoms with van der Waals surface area (Å²) in [6, 6.07) is 4.22. The van der Waals surface area contributed by atoms with Crippen LogP contribution in [0.3, 0.4) is 0 Å². The molecular formula is C12H17NO2. The standard InChI is InChI=1S/C12H17NO2/c1-3-10-7-6-9(2)13(10)12(14)11-5-4-8-15-11/h4-5,8-10H,3,6-7H2,1-2H3.